The van der Waals surface area contributed by atoms with Gasteiger partial charge >= 0.3 is 5.97 Å². The number of carbonyl (C=O) groups is 2. The summed E-state index contributed by atoms with van der Waals surface area (Å²) in [6.45, 7) is 4.10. The molecular formula is C19H19Cl2NO5. The Morgan fingerprint density at radius 1 is 0.963 bits per heavy atom. The molecule has 2 rings (SSSR count). The van der Waals surface area contributed by atoms with Crippen LogP contribution in [0.4, 0.5) is 5.69 Å². The summed E-state index contributed by atoms with van der Waals surface area (Å²) in [6.07, 6.45) is 0. The molecule has 0 spiro atoms. The highest BCUT2D eigenvalue weighted by molar-refractivity contribution is 6.36. The molecule has 1 N–H and O–H groups in total. The summed E-state index contributed by atoms with van der Waals surface area (Å²) in [5.41, 5.74) is 0.626. The highest BCUT2D eigenvalue weighted by Crippen LogP contribution is 2.29. The average molecular weight is 412 g/mol. The first-order chi connectivity index (χ1) is 12.9. The third-order valence-corrected chi connectivity index (χ3v) is 3.87. The smallest absolute Gasteiger partial charge is 0.338 e. The first-order valence-corrected chi connectivity index (χ1v) is 9.01. The fourth-order valence-electron chi connectivity index (χ4n) is 2.17. The molecule has 0 aliphatic carbocycles. The van der Waals surface area contributed by atoms with Crippen LogP contribution >= 0.6 is 23.2 Å². The normalized spacial score (nSPS) is 10.2. The molecule has 6 nitrogen and oxygen atoms in total. The van der Waals surface area contributed by atoms with E-state index in [1.807, 2.05) is 13.8 Å². The number of ether oxygens (including phenoxy) is 3. The van der Waals surface area contributed by atoms with Crippen LogP contribution in [0.2, 0.25) is 10.0 Å². The summed E-state index contributed by atoms with van der Waals surface area (Å²) in [6, 6.07) is 9.34. The minimum absolute atomic E-state index is 0.249. The molecule has 0 aliphatic heterocycles. The van der Waals surface area contributed by atoms with Gasteiger partial charge in [-0.25, -0.2) is 4.79 Å². The molecule has 0 saturated heterocycles. The van der Waals surface area contributed by atoms with Crippen LogP contribution in [0.1, 0.15) is 24.2 Å². The van der Waals surface area contributed by atoms with Crippen molar-refractivity contribution in [3.8, 4) is 11.5 Å². The zero-order chi connectivity index (χ0) is 19.8. The molecule has 1 amide bonds. The van der Waals surface area contributed by atoms with E-state index < -0.39 is 18.5 Å². The number of halogens is 2. The zero-order valence-electron chi connectivity index (χ0n) is 14.9. The van der Waals surface area contributed by atoms with Crippen molar-refractivity contribution in [1.29, 1.82) is 0 Å². The van der Waals surface area contributed by atoms with Gasteiger partial charge in [-0.2, -0.15) is 0 Å². The van der Waals surface area contributed by atoms with E-state index in [0.29, 0.717) is 35.4 Å². The lowest BCUT2D eigenvalue weighted by Crippen LogP contribution is -2.21. The maximum Gasteiger partial charge on any atom is 0.338 e. The van der Waals surface area contributed by atoms with Gasteiger partial charge in [0.05, 0.1) is 29.5 Å². The van der Waals surface area contributed by atoms with Crippen LogP contribution in [0.15, 0.2) is 36.4 Å². The summed E-state index contributed by atoms with van der Waals surface area (Å²) >= 11 is 11.8. The molecule has 0 atom stereocenters. The molecule has 0 unspecified atom stereocenters. The molecule has 144 valence electrons. The van der Waals surface area contributed by atoms with Gasteiger partial charge < -0.3 is 19.5 Å². The van der Waals surface area contributed by atoms with Crippen LogP contribution in [0.3, 0.4) is 0 Å². The van der Waals surface area contributed by atoms with Gasteiger partial charge in [0.1, 0.15) is 0 Å². The second kappa shape index (κ2) is 10.0. The van der Waals surface area contributed by atoms with Crippen LogP contribution < -0.4 is 14.8 Å². The van der Waals surface area contributed by atoms with Crippen LogP contribution in [0.5, 0.6) is 11.5 Å². The van der Waals surface area contributed by atoms with Crippen molar-refractivity contribution in [2.45, 2.75) is 13.8 Å². The number of amides is 1. The first kappa shape index (κ1) is 20.9. The molecule has 0 radical (unpaired) electrons. The van der Waals surface area contributed by atoms with E-state index in [2.05, 4.69) is 5.32 Å². The molecule has 0 saturated carbocycles. The highest BCUT2D eigenvalue weighted by Gasteiger charge is 2.15. The van der Waals surface area contributed by atoms with Crippen LogP contribution in [0, 0.1) is 0 Å². The SMILES string of the molecule is CCOc1ccc(C(=O)OCC(=O)Nc2ccc(Cl)cc2Cl)cc1OCC. The lowest BCUT2D eigenvalue weighted by atomic mass is 10.2. The quantitative estimate of drug-likeness (QED) is 0.643. The predicted octanol–water partition coefficient (Wildman–Crippen LogP) is 4.59. The largest absolute Gasteiger partial charge is 0.490 e. The molecule has 0 fully saturated rings. The summed E-state index contributed by atoms with van der Waals surface area (Å²) in [5, 5.41) is 3.29. The molecular weight excluding hydrogens is 393 g/mol. The molecule has 2 aromatic rings. The minimum Gasteiger partial charge on any atom is -0.490 e. The second-order valence-corrected chi connectivity index (χ2v) is 6.12. The van der Waals surface area contributed by atoms with Gasteiger partial charge in [-0.15, -0.1) is 0 Å². The van der Waals surface area contributed by atoms with Crippen LogP contribution in [0.25, 0.3) is 0 Å². The zero-order valence-corrected chi connectivity index (χ0v) is 16.4. The van der Waals surface area contributed by atoms with Crippen molar-refractivity contribution in [2.75, 3.05) is 25.1 Å². The Hall–Kier alpha value is -2.44. The van der Waals surface area contributed by atoms with E-state index in [0.717, 1.165) is 0 Å². The number of anilines is 1. The Bertz CT molecular complexity index is 826. The Morgan fingerprint density at radius 2 is 1.67 bits per heavy atom. The van der Waals surface area contributed by atoms with Crippen molar-refractivity contribution in [2.24, 2.45) is 0 Å². The van der Waals surface area contributed by atoms with E-state index in [4.69, 9.17) is 37.4 Å². The molecule has 8 heteroatoms. The Morgan fingerprint density at radius 3 is 2.33 bits per heavy atom. The van der Waals surface area contributed by atoms with Gasteiger partial charge in [0.2, 0.25) is 0 Å². The van der Waals surface area contributed by atoms with Gasteiger partial charge in [0.25, 0.3) is 5.91 Å². The lowest BCUT2D eigenvalue weighted by molar-refractivity contribution is -0.119. The molecule has 0 bridgehead atoms. The second-order valence-electron chi connectivity index (χ2n) is 5.28. The van der Waals surface area contributed by atoms with E-state index in [1.54, 1.807) is 24.3 Å². The maximum absolute atomic E-state index is 12.2. The predicted molar refractivity (Wildman–Crippen MR) is 104 cm³/mol. The average Bonchev–Trinajstić information content (AvgIpc) is 2.64. The van der Waals surface area contributed by atoms with Crippen molar-refractivity contribution in [3.05, 3.63) is 52.0 Å². The number of hydrogen-bond donors (Lipinski definition) is 1. The van der Waals surface area contributed by atoms with Crippen molar-refractivity contribution >= 4 is 40.8 Å². The number of esters is 1. The summed E-state index contributed by atoms with van der Waals surface area (Å²) in [7, 11) is 0. The number of nitrogens with one attached hydrogen (secondary N) is 1. The summed E-state index contributed by atoms with van der Waals surface area (Å²) in [5.74, 6) is -0.211. The topological polar surface area (TPSA) is 73.9 Å². The summed E-state index contributed by atoms with van der Waals surface area (Å²) < 4.78 is 16.0. The lowest BCUT2D eigenvalue weighted by Gasteiger charge is -2.12. The van der Waals surface area contributed by atoms with E-state index in [9.17, 15) is 9.59 Å². The van der Waals surface area contributed by atoms with Gasteiger partial charge in [-0.3, -0.25) is 4.79 Å². The standard InChI is InChI=1S/C19H19Cl2NO5/c1-3-25-16-8-5-12(9-17(16)26-4-2)19(24)27-11-18(23)22-15-7-6-13(20)10-14(15)21/h5-10H,3-4,11H2,1-2H3,(H,22,23). The number of hydrogen-bond acceptors (Lipinski definition) is 5. The van der Waals surface area contributed by atoms with Gasteiger partial charge in [-0.1, -0.05) is 23.2 Å². The van der Waals surface area contributed by atoms with Crippen molar-refractivity contribution < 1.29 is 23.8 Å². The van der Waals surface area contributed by atoms with Gasteiger partial charge in [-0.05, 0) is 50.2 Å². The third kappa shape index (κ3) is 6.05. The number of rotatable bonds is 8. The fourth-order valence-corrected chi connectivity index (χ4v) is 2.63. The van der Waals surface area contributed by atoms with E-state index >= 15 is 0 Å². The van der Waals surface area contributed by atoms with E-state index in [1.165, 1.54) is 12.1 Å². The maximum atomic E-state index is 12.2. The first-order valence-electron chi connectivity index (χ1n) is 8.26. The van der Waals surface area contributed by atoms with Crippen LogP contribution in [-0.4, -0.2) is 31.7 Å². The molecule has 0 aromatic heterocycles. The van der Waals surface area contributed by atoms with Crippen molar-refractivity contribution in [3.63, 3.8) is 0 Å². The minimum atomic E-state index is -0.656. The molecule has 0 aliphatic rings. The Balaban J connectivity index is 1.98. The van der Waals surface area contributed by atoms with Gasteiger partial charge in [0.15, 0.2) is 18.1 Å². The molecule has 27 heavy (non-hydrogen) atoms. The van der Waals surface area contributed by atoms with Crippen LogP contribution in [-0.2, 0) is 9.53 Å². The number of carbonyl (C=O) groups excluding carboxylic acids is 2. The molecule has 2 aromatic carbocycles. The highest BCUT2D eigenvalue weighted by atomic mass is 35.5. The van der Waals surface area contributed by atoms with Crippen molar-refractivity contribution in [1.82, 2.24) is 0 Å². The Kier molecular flexibility index (Phi) is 7.76. The Labute approximate surface area is 167 Å². The summed E-state index contributed by atoms with van der Waals surface area (Å²) in [4.78, 5) is 24.2. The fraction of sp³-hybridized carbons (Fsp3) is 0.263. The number of benzene rings is 2. The van der Waals surface area contributed by atoms with Gasteiger partial charge in [0, 0.05) is 5.02 Å². The molecule has 0 heterocycles. The monoisotopic (exact) mass is 411 g/mol. The van der Waals surface area contributed by atoms with E-state index in [-0.39, 0.29) is 10.6 Å². The third-order valence-electron chi connectivity index (χ3n) is 3.32.